The van der Waals surface area contributed by atoms with Crippen LogP contribution in [0.1, 0.15) is 46.8 Å². The molecule has 1 atom stereocenters. The molecular weight excluding hydrogens is 344 g/mol. The third kappa shape index (κ3) is 3.65. The number of hydrogen-bond donors (Lipinski definition) is 1. The average Bonchev–Trinajstić information content (AvgIpc) is 3.06. The van der Waals surface area contributed by atoms with Crippen LogP contribution in [0.5, 0.6) is 0 Å². The van der Waals surface area contributed by atoms with E-state index in [9.17, 15) is 8.78 Å². The molecule has 140 valence electrons. The van der Waals surface area contributed by atoms with Gasteiger partial charge in [0.05, 0.1) is 11.9 Å². The van der Waals surface area contributed by atoms with Gasteiger partial charge in [-0.05, 0) is 74.1 Å². The zero-order chi connectivity index (χ0) is 19.0. The molecule has 0 amide bonds. The van der Waals surface area contributed by atoms with E-state index in [1.165, 1.54) is 34.5 Å². The van der Waals surface area contributed by atoms with E-state index in [4.69, 9.17) is 0 Å². The maximum Gasteiger partial charge on any atom is 0.159 e. The van der Waals surface area contributed by atoms with Gasteiger partial charge in [0, 0.05) is 23.8 Å². The summed E-state index contributed by atoms with van der Waals surface area (Å²) < 4.78 is 28.6. The Bertz CT molecular complexity index is 957. The number of halogens is 2. The van der Waals surface area contributed by atoms with Crippen LogP contribution in [0.25, 0.3) is 5.69 Å². The Balaban J connectivity index is 1.57. The molecule has 0 radical (unpaired) electrons. The molecule has 0 unspecified atom stereocenters. The molecule has 1 aliphatic rings. The van der Waals surface area contributed by atoms with E-state index in [1.54, 1.807) is 6.07 Å². The van der Waals surface area contributed by atoms with Crippen molar-refractivity contribution in [2.45, 2.75) is 45.7 Å². The molecule has 1 aromatic heterocycles. The lowest BCUT2D eigenvalue weighted by atomic mass is 9.92. The van der Waals surface area contributed by atoms with Crippen LogP contribution in [0.15, 0.2) is 42.6 Å². The van der Waals surface area contributed by atoms with Gasteiger partial charge in [-0.3, -0.25) is 0 Å². The maximum atomic E-state index is 13.4. The van der Waals surface area contributed by atoms with Gasteiger partial charge in [0.25, 0.3) is 0 Å². The minimum atomic E-state index is -0.812. The van der Waals surface area contributed by atoms with Crippen LogP contribution in [0.4, 0.5) is 8.78 Å². The molecule has 0 aliphatic heterocycles. The van der Waals surface area contributed by atoms with Crippen LogP contribution in [0, 0.1) is 25.5 Å². The van der Waals surface area contributed by atoms with E-state index in [0.29, 0.717) is 6.54 Å². The van der Waals surface area contributed by atoms with E-state index in [0.717, 1.165) is 30.5 Å². The highest BCUT2D eigenvalue weighted by Crippen LogP contribution is 2.31. The summed E-state index contributed by atoms with van der Waals surface area (Å²) in [7, 11) is 0. The van der Waals surface area contributed by atoms with Crippen molar-refractivity contribution in [3.63, 3.8) is 0 Å². The minimum absolute atomic E-state index is 0.168. The highest BCUT2D eigenvalue weighted by molar-refractivity contribution is 5.42. The van der Waals surface area contributed by atoms with Crippen molar-refractivity contribution in [3.05, 3.63) is 82.2 Å². The molecule has 0 saturated heterocycles. The summed E-state index contributed by atoms with van der Waals surface area (Å²) in [5, 5.41) is 8.13. The van der Waals surface area contributed by atoms with E-state index in [2.05, 4.69) is 42.5 Å². The molecule has 1 aliphatic carbocycles. The van der Waals surface area contributed by atoms with E-state index in [1.807, 2.05) is 10.9 Å². The summed E-state index contributed by atoms with van der Waals surface area (Å²) in [6.07, 6.45) is 5.01. The fraction of sp³-hybridized carbons (Fsp3) is 0.318. The fourth-order valence-corrected chi connectivity index (χ4v) is 3.95. The van der Waals surface area contributed by atoms with Crippen molar-refractivity contribution < 1.29 is 8.78 Å². The molecule has 0 spiro atoms. The van der Waals surface area contributed by atoms with Crippen LogP contribution in [-0.4, -0.2) is 9.78 Å². The van der Waals surface area contributed by atoms with Crippen LogP contribution in [0.2, 0.25) is 0 Å². The monoisotopic (exact) mass is 367 g/mol. The molecule has 5 heteroatoms. The summed E-state index contributed by atoms with van der Waals surface area (Å²) in [5.41, 5.74) is 6.70. The zero-order valence-electron chi connectivity index (χ0n) is 15.6. The minimum Gasteiger partial charge on any atom is -0.306 e. The second-order valence-corrected chi connectivity index (χ2v) is 7.38. The number of nitrogens with one attached hydrogen (secondary N) is 1. The third-order valence-electron chi connectivity index (χ3n) is 5.17. The lowest BCUT2D eigenvalue weighted by Crippen LogP contribution is -2.25. The zero-order valence-corrected chi connectivity index (χ0v) is 15.6. The predicted molar refractivity (Wildman–Crippen MR) is 102 cm³/mol. The number of hydrogen-bond acceptors (Lipinski definition) is 2. The lowest BCUT2D eigenvalue weighted by Gasteiger charge is -2.24. The van der Waals surface area contributed by atoms with Crippen molar-refractivity contribution in [2.24, 2.45) is 0 Å². The molecule has 27 heavy (non-hydrogen) atoms. The molecule has 3 nitrogen and oxygen atoms in total. The lowest BCUT2D eigenvalue weighted by molar-refractivity contribution is 0.452. The van der Waals surface area contributed by atoms with Crippen LogP contribution < -0.4 is 5.32 Å². The van der Waals surface area contributed by atoms with Gasteiger partial charge >= 0.3 is 0 Å². The van der Waals surface area contributed by atoms with E-state index < -0.39 is 11.6 Å². The SMILES string of the molecule is Cc1cc(C)cc(-n2ncc3c2CCC[C@@H]3NCc2ccc(F)c(F)c2)c1. The summed E-state index contributed by atoms with van der Waals surface area (Å²) in [4.78, 5) is 0. The van der Waals surface area contributed by atoms with Crippen molar-refractivity contribution in [1.82, 2.24) is 15.1 Å². The molecule has 0 saturated carbocycles. The second kappa shape index (κ2) is 7.24. The Kier molecular flexibility index (Phi) is 4.79. The Hall–Kier alpha value is -2.53. The number of aryl methyl sites for hydroxylation is 2. The van der Waals surface area contributed by atoms with Gasteiger partial charge in [0.1, 0.15) is 0 Å². The third-order valence-corrected chi connectivity index (χ3v) is 5.17. The fourth-order valence-electron chi connectivity index (χ4n) is 3.95. The topological polar surface area (TPSA) is 29.9 Å². The quantitative estimate of drug-likeness (QED) is 0.708. The second-order valence-electron chi connectivity index (χ2n) is 7.38. The standard InChI is InChI=1S/C22H23F2N3/c1-14-8-15(2)10-17(9-14)27-22-5-3-4-21(18(22)13-26-27)25-12-16-6-7-19(23)20(24)11-16/h6-11,13,21,25H,3-5,12H2,1-2H3/t21-/m0/s1. The Morgan fingerprint density at radius 1 is 1.07 bits per heavy atom. The number of rotatable bonds is 4. The Morgan fingerprint density at radius 2 is 1.85 bits per heavy atom. The van der Waals surface area contributed by atoms with Gasteiger partial charge in [-0.2, -0.15) is 5.10 Å². The molecule has 0 fully saturated rings. The number of benzene rings is 2. The highest BCUT2D eigenvalue weighted by Gasteiger charge is 2.24. The predicted octanol–water partition coefficient (Wildman–Crippen LogP) is 4.93. The molecule has 1 heterocycles. The number of aromatic nitrogens is 2. The maximum absolute atomic E-state index is 13.4. The molecule has 2 aromatic carbocycles. The largest absolute Gasteiger partial charge is 0.306 e. The first-order chi connectivity index (χ1) is 13.0. The van der Waals surface area contributed by atoms with Gasteiger partial charge < -0.3 is 5.32 Å². The number of fused-ring (bicyclic) bond motifs is 1. The van der Waals surface area contributed by atoms with Crippen molar-refractivity contribution in [2.75, 3.05) is 0 Å². The normalized spacial score (nSPS) is 16.4. The first-order valence-corrected chi connectivity index (χ1v) is 9.34. The highest BCUT2D eigenvalue weighted by atomic mass is 19.2. The molecule has 3 aromatic rings. The van der Waals surface area contributed by atoms with Gasteiger partial charge in [-0.25, -0.2) is 13.5 Å². The summed E-state index contributed by atoms with van der Waals surface area (Å²) in [5.74, 6) is -1.62. The van der Waals surface area contributed by atoms with Crippen LogP contribution in [0.3, 0.4) is 0 Å². The van der Waals surface area contributed by atoms with Crippen molar-refractivity contribution in [1.29, 1.82) is 0 Å². The van der Waals surface area contributed by atoms with Crippen molar-refractivity contribution >= 4 is 0 Å². The van der Waals surface area contributed by atoms with Gasteiger partial charge in [-0.15, -0.1) is 0 Å². The first kappa shape index (κ1) is 17.9. The van der Waals surface area contributed by atoms with Crippen LogP contribution >= 0.6 is 0 Å². The van der Waals surface area contributed by atoms with Gasteiger partial charge in [-0.1, -0.05) is 12.1 Å². The Morgan fingerprint density at radius 3 is 2.59 bits per heavy atom. The van der Waals surface area contributed by atoms with Gasteiger partial charge in [0.15, 0.2) is 11.6 Å². The van der Waals surface area contributed by atoms with Crippen LogP contribution in [-0.2, 0) is 13.0 Å². The van der Waals surface area contributed by atoms with Crippen molar-refractivity contribution in [3.8, 4) is 5.69 Å². The Labute approximate surface area is 158 Å². The summed E-state index contributed by atoms with van der Waals surface area (Å²) in [6.45, 7) is 4.69. The smallest absolute Gasteiger partial charge is 0.159 e. The molecule has 0 bridgehead atoms. The van der Waals surface area contributed by atoms with E-state index in [-0.39, 0.29) is 6.04 Å². The van der Waals surface area contributed by atoms with Gasteiger partial charge in [0.2, 0.25) is 0 Å². The first-order valence-electron chi connectivity index (χ1n) is 9.34. The molecular formula is C22H23F2N3. The summed E-state index contributed by atoms with van der Waals surface area (Å²) >= 11 is 0. The molecule has 4 rings (SSSR count). The summed E-state index contributed by atoms with van der Waals surface area (Å²) in [6, 6.07) is 10.7. The number of nitrogens with zero attached hydrogens (tertiary/aromatic N) is 2. The van der Waals surface area contributed by atoms with E-state index >= 15 is 0 Å². The molecule has 1 N–H and O–H groups in total. The average molecular weight is 367 g/mol.